The van der Waals surface area contributed by atoms with Crippen LogP contribution in [0.25, 0.3) is 33.2 Å². The lowest BCUT2D eigenvalue weighted by Crippen LogP contribution is -2.27. The van der Waals surface area contributed by atoms with Gasteiger partial charge in [-0.2, -0.15) is 0 Å². The number of hydrogen-bond donors (Lipinski definition) is 2. The topological polar surface area (TPSA) is 41.0 Å². The molecule has 3 nitrogen and oxygen atoms in total. The summed E-state index contributed by atoms with van der Waals surface area (Å²) in [4.78, 5) is 3.74. The first-order chi connectivity index (χ1) is 15.3. The maximum atomic E-state index is 6.12. The molecule has 31 heavy (non-hydrogen) atoms. The summed E-state index contributed by atoms with van der Waals surface area (Å²) in [5, 5.41) is 6.34. The van der Waals surface area contributed by atoms with Gasteiger partial charge in [-0.1, -0.05) is 48.5 Å². The predicted octanol–water partition coefficient (Wildman–Crippen LogP) is 7.31. The molecule has 154 valence electrons. The van der Waals surface area contributed by atoms with Gasteiger partial charge in [-0.05, 0) is 67.6 Å². The lowest BCUT2D eigenvalue weighted by Gasteiger charge is -2.27. The van der Waals surface area contributed by atoms with Gasteiger partial charge in [-0.15, -0.1) is 0 Å². The second kappa shape index (κ2) is 7.44. The van der Waals surface area contributed by atoms with E-state index in [0.717, 1.165) is 35.1 Å². The molecule has 0 spiro atoms. The number of hydrogen-bond acceptors (Lipinski definition) is 2. The van der Waals surface area contributed by atoms with Crippen LogP contribution < -0.4 is 5.32 Å². The second-order valence-electron chi connectivity index (χ2n) is 8.67. The Balaban J connectivity index is 1.36. The van der Waals surface area contributed by atoms with E-state index in [1.54, 1.807) is 0 Å². The van der Waals surface area contributed by atoms with Gasteiger partial charge in [0.2, 0.25) is 0 Å². The van der Waals surface area contributed by atoms with Crippen LogP contribution >= 0.6 is 0 Å². The van der Waals surface area contributed by atoms with Crippen LogP contribution in [0.2, 0.25) is 0 Å². The fraction of sp³-hybridized carbons (Fsp3) is 0.214. The van der Waals surface area contributed by atoms with Gasteiger partial charge in [0.1, 0.15) is 11.3 Å². The smallest absolute Gasteiger partial charge is 0.135 e. The molecule has 0 bridgehead atoms. The van der Waals surface area contributed by atoms with Crippen molar-refractivity contribution in [3.8, 4) is 11.3 Å². The standard InChI is InChI=1S/C28H26N2O/c1-18(19-8-3-2-4-9-19)29-25-12-7-11-22-23-16-21(14-15-24(23)30-28(22)25)27-17-20-10-5-6-13-26(20)31-27/h2-6,8-10,13-18,25,29-30H,7,11-12H2,1H3. The zero-order valence-electron chi connectivity index (χ0n) is 17.7. The largest absolute Gasteiger partial charge is 0.456 e. The van der Waals surface area contributed by atoms with Crippen molar-refractivity contribution in [2.24, 2.45) is 0 Å². The Morgan fingerprint density at radius 1 is 0.968 bits per heavy atom. The van der Waals surface area contributed by atoms with Gasteiger partial charge in [0.15, 0.2) is 0 Å². The number of rotatable bonds is 4. The molecule has 6 rings (SSSR count). The Labute approximate surface area is 182 Å². The van der Waals surface area contributed by atoms with E-state index in [2.05, 4.69) is 84.0 Å². The van der Waals surface area contributed by atoms with E-state index in [-0.39, 0.29) is 0 Å². The monoisotopic (exact) mass is 406 g/mol. The molecule has 0 saturated carbocycles. The molecule has 2 aromatic heterocycles. The highest BCUT2D eigenvalue weighted by Gasteiger charge is 2.26. The van der Waals surface area contributed by atoms with Gasteiger partial charge >= 0.3 is 0 Å². The van der Waals surface area contributed by atoms with Crippen LogP contribution in [0.4, 0.5) is 0 Å². The summed E-state index contributed by atoms with van der Waals surface area (Å²) >= 11 is 0. The number of aryl methyl sites for hydroxylation is 1. The average Bonchev–Trinajstić information content (AvgIpc) is 3.41. The lowest BCUT2D eigenvalue weighted by atomic mass is 9.90. The third kappa shape index (κ3) is 3.26. The highest BCUT2D eigenvalue weighted by molar-refractivity contribution is 5.90. The number of fused-ring (bicyclic) bond motifs is 4. The van der Waals surface area contributed by atoms with Gasteiger partial charge < -0.3 is 14.7 Å². The number of benzene rings is 3. The molecule has 3 aromatic carbocycles. The van der Waals surface area contributed by atoms with E-state index in [1.807, 2.05) is 12.1 Å². The number of H-pyrrole nitrogens is 1. The quantitative estimate of drug-likeness (QED) is 0.328. The molecule has 0 fully saturated rings. The number of nitrogens with one attached hydrogen (secondary N) is 2. The summed E-state index contributed by atoms with van der Waals surface area (Å²) in [7, 11) is 0. The minimum atomic E-state index is 0.315. The van der Waals surface area contributed by atoms with Crippen LogP contribution in [0.1, 0.15) is 48.7 Å². The van der Waals surface area contributed by atoms with Crippen LogP contribution in [-0.2, 0) is 6.42 Å². The Kier molecular flexibility index (Phi) is 4.43. The van der Waals surface area contributed by atoms with Gasteiger partial charge in [-0.25, -0.2) is 0 Å². The van der Waals surface area contributed by atoms with E-state index in [1.165, 1.54) is 34.1 Å². The van der Waals surface area contributed by atoms with Crippen molar-refractivity contribution in [1.29, 1.82) is 0 Å². The third-order valence-corrected chi connectivity index (χ3v) is 6.67. The molecular formula is C28H26N2O. The molecule has 1 aliphatic carbocycles. The molecule has 2 atom stereocenters. The Bertz CT molecular complexity index is 1330. The van der Waals surface area contributed by atoms with Crippen LogP contribution in [0.5, 0.6) is 0 Å². The van der Waals surface area contributed by atoms with Crippen LogP contribution in [-0.4, -0.2) is 4.98 Å². The van der Waals surface area contributed by atoms with Crippen molar-refractivity contribution in [3.05, 3.63) is 95.7 Å². The fourth-order valence-corrected chi connectivity index (χ4v) is 5.05. The van der Waals surface area contributed by atoms with E-state index < -0.39 is 0 Å². The van der Waals surface area contributed by atoms with Crippen molar-refractivity contribution < 1.29 is 4.42 Å². The third-order valence-electron chi connectivity index (χ3n) is 6.67. The first-order valence-corrected chi connectivity index (χ1v) is 11.2. The minimum absolute atomic E-state index is 0.315. The molecule has 2 heterocycles. The highest BCUT2D eigenvalue weighted by atomic mass is 16.3. The van der Waals surface area contributed by atoms with Crippen molar-refractivity contribution >= 4 is 21.9 Å². The molecule has 0 amide bonds. The zero-order valence-corrected chi connectivity index (χ0v) is 17.7. The van der Waals surface area contributed by atoms with Crippen molar-refractivity contribution in [3.63, 3.8) is 0 Å². The van der Waals surface area contributed by atoms with Crippen LogP contribution in [0.3, 0.4) is 0 Å². The molecule has 1 aliphatic rings. The van der Waals surface area contributed by atoms with E-state index in [4.69, 9.17) is 4.42 Å². The summed E-state index contributed by atoms with van der Waals surface area (Å²) in [5.74, 6) is 0.932. The first-order valence-electron chi connectivity index (χ1n) is 11.2. The summed E-state index contributed by atoms with van der Waals surface area (Å²) < 4.78 is 6.12. The number of furan rings is 1. The summed E-state index contributed by atoms with van der Waals surface area (Å²) in [6, 6.07) is 28.4. The molecular weight excluding hydrogens is 380 g/mol. The van der Waals surface area contributed by atoms with Crippen molar-refractivity contribution in [1.82, 2.24) is 10.3 Å². The summed E-state index contributed by atoms with van der Waals surface area (Å²) in [5.41, 5.74) is 7.43. The van der Waals surface area contributed by atoms with Gasteiger partial charge in [0, 0.05) is 39.6 Å². The van der Waals surface area contributed by atoms with Gasteiger partial charge in [0.25, 0.3) is 0 Å². The molecule has 5 aromatic rings. The average molecular weight is 407 g/mol. The molecule has 3 heteroatoms. The predicted molar refractivity (Wildman–Crippen MR) is 127 cm³/mol. The number of aromatic nitrogens is 1. The fourth-order valence-electron chi connectivity index (χ4n) is 5.05. The van der Waals surface area contributed by atoms with Crippen LogP contribution in [0.15, 0.2) is 83.3 Å². The Morgan fingerprint density at radius 3 is 2.68 bits per heavy atom. The zero-order chi connectivity index (χ0) is 20.8. The summed E-state index contributed by atoms with van der Waals surface area (Å²) in [6.45, 7) is 2.26. The van der Waals surface area contributed by atoms with Crippen molar-refractivity contribution in [2.45, 2.75) is 38.3 Å². The summed E-state index contributed by atoms with van der Waals surface area (Å²) in [6.07, 6.45) is 3.48. The molecule has 0 saturated heterocycles. The molecule has 2 unspecified atom stereocenters. The number of para-hydroxylation sites is 1. The van der Waals surface area contributed by atoms with E-state index in [9.17, 15) is 0 Å². The van der Waals surface area contributed by atoms with E-state index in [0.29, 0.717) is 12.1 Å². The Hall–Kier alpha value is -3.30. The molecule has 0 aliphatic heterocycles. The minimum Gasteiger partial charge on any atom is -0.456 e. The van der Waals surface area contributed by atoms with Gasteiger partial charge in [0.05, 0.1) is 0 Å². The number of aromatic amines is 1. The second-order valence-corrected chi connectivity index (χ2v) is 8.67. The lowest BCUT2D eigenvalue weighted by molar-refractivity contribution is 0.410. The first kappa shape index (κ1) is 18.5. The molecule has 0 radical (unpaired) electrons. The van der Waals surface area contributed by atoms with E-state index >= 15 is 0 Å². The Morgan fingerprint density at radius 2 is 1.81 bits per heavy atom. The molecule has 2 N–H and O–H groups in total. The van der Waals surface area contributed by atoms with Crippen LogP contribution in [0, 0.1) is 0 Å². The van der Waals surface area contributed by atoms with Crippen molar-refractivity contribution in [2.75, 3.05) is 0 Å². The normalized spacial score (nSPS) is 17.1. The van der Waals surface area contributed by atoms with Gasteiger partial charge in [-0.3, -0.25) is 0 Å². The maximum Gasteiger partial charge on any atom is 0.135 e. The SMILES string of the molecule is CC(NC1CCCc2c1[nH]c1ccc(-c3cc4ccccc4o3)cc21)c1ccccc1. The highest BCUT2D eigenvalue weighted by Crippen LogP contribution is 2.38. The maximum absolute atomic E-state index is 6.12.